The van der Waals surface area contributed by atoms with Gasteiger partial charge in [0.15, 0.2) is 5.76 Å². The molecule has 1 rings (SSSR count). The molecule has 0 aliphatic heterocycles. The van der Waals surface area contributed by atoms with Crippen LogP contribution in [0.25, 0.3) is 0 Å². The van der Waals surface area contributed by atoms with Crippen molar-refractivity contribution in [3.8, 4) is 0 Å². The van der Waals surface area contributed by atoms with Crippen LogP contribution in [-0.4, -0.2) is 30.2 Å². The molecule has 0 spiro atoms. The summed E-state index contributed by atoms with van der Waals surface area (Å²) >= 11 is 0. The molecular weight excluding hydrogens is 238 g/mol. The minimum atomic E-state index is 0.660. The Morgan fingerprint density at radius 3 is 2.74 bits per heavy atom. The molecule has 0 saturated carbocycles. The number of aromatic nitrogens is 1. The topological polar surface area (TPSA) is 41.3 Å². The normalized spacial score (nSPS) is 13.4. The Hall–Kier alpha value is -0.870. The van der Waals surface area contributed by atoms with Crippen LogP contribution in [0.2, 0.25) is 0 Å². The average molecular weight is 267 g/mol. The van der Waals surface area contributed by atoms with Crippen LogP contribution in [0.5, 0.6) is 0 Å². The van der Waals surface area contributed by atoms with Gasteiger partial charge in [-0.3, -0.25) is 4.90 Å². The molecule has 19 heavy (non-hydrogen) atoms. The smallest absolute Gasteiger partial charge is 0.151 e. The molecule has 0 radical (unpaired) electrons. The first-order valence-electron chi connectivity index (χ1n) is 7.35. The lowest BCUT2D eigenvalue weighted by atomic mass is 10.1. The zero-order chi connectivity index (χ0) is 14.3. The Labute approximate surface area is 117 Å². The van der Waals surface area contributed by atoms with Crippen molar-refractivity contribution in [3.63, 3.8) is 0 Å². The summed E-state index contributed by atoms with van der Waals surface area (Å²) in [6.45, 7) is 12.6. The van der Waals surface area contributed by atoms with E-state index in [9.17, 15) is 0 Å². The molecule has 0 aliphatic carbocycles. The molecule has 1 N–H and O–H groups in total. The van der Waals surface area contributed by atoms with E-state index in [0.29, 0.717) is 5.92 Å². The molecule has 1 heterocycles. The van der Waals surface area contributed by atoms with Crippen molar-refractivity contribution in [1.29, 1.82) is 0 Å². The van der Waals surface area contributed by atoms with E-state index in [2.05, 4.69) is 56.2 Å². The van der Waals surface area contributed by atoms with Crippen molar-refractivity contribution < 1.29 is 4.52 Å². The highest BCUT2D eigenvalue weighted by molar-refractivity contribution is 5.05. The Kier molecular flexibility index (Phi) is 7.10. The Balaban J connectivity index is 2.33. The molecular formula is C15H29N3O. The van der Waals surface area contributed by atoms with Gasteiger partial charge < -0.3 is 9.84 Å². The maximum Gasteiger partial charge on any atom is 0.151 e. The van der Waals surface area contributed by atoms with Gasteiger partial charge in [-0.1, -0.05) is 39.3 Å². The summed E-state index contributed by atoms with van der Waals surface area (Å²) in [5, 5.41) is 7.47. The molecule has 1 aromatic heterocycles. The van der Waals surface area contributed by atoms with Crippen molar-refractivity contribution in [1.82, 2.24) is 15.4 Å². The van der Waals surface area contributed by atoms with Gasteiger partial charge in [-0.15, -0.1) is 0 Å². The van der Waals surface area contributed by atoms with Gasteiger partial charge in [0.1, 0.15) is 0 Å². The molecule has 1 atom stereocenters. The lowest BCUT2D eigenvalue weighted by Gasteiger charge is -2.18. The summed E-state index contributed by atoms with van der Waals surface area (Å²) in [7, 11) is 2.13. The SMILES string of the molecule is CCC(C)CN(C)Cc1cc(CNCC(C)C)no1. The van der Waals surface area contributed by atoms with Gasteiger partial charge in [0.2, 0.25) is 0 Å². The molecule has 4 nitrogen and oxygen atoms in total. The van der Waals surface area contributed by atoms with Gasteiger partial charge in [-0.25, -0.2) is 0 Å². The highest BCUT2D eigenvalue weighted by Crippen LogP contribution is 2.09. The molecule has 0 aliphatic rings. The second-order valence-corrected chi connectivity index (χ2v) is 6.02. The minimum Gasteiger partial charge on any atom is -0.360 e. The van der Waals surface area contributed by atoms with Gasteiger partial charge in [0.05, 0.1) is 12.2 Å². The summed E-state index contributed by atoms with van der Waals surface area (Å²) in [6.07, 6.45) is 1.21. The lowest BCUT2D eigenvalue weighted by molar-refractivity contribution is 0.240. The predicted octanol–water partition coefficient (Wildman–Crippen LogP) is 2.90. The first-order chi connectivity index (χ1) is 9.01. The van der Waals surface area contributed by atoms with E-state index >= 15 is 0 Å². The summed E-state index contributed by atoms with van der Waals surface area (Å²) in [6, 6.07) is 2.06. The lowest BCUT2D eigenvalue weighted by Crippen LogP contribution is -2.23. The Bertz CT molecular complexity index is 349. The van der Waals surface area contributed by atoms with Gasteiger partial charge in [-0.05, 0) is 25.4 Å². The molecule has 1 aromatic rings. The van der Waals surface area contributed by atoms with Gasteiger partial charge in [0, 0.05) is 19.2 Å². The number of hydrogen-bond acceptors (Lipinski definition) is 4. The van der Waals surface area contributed by atoms with Crippen LogP contribution in [0.1, 0.15) is 45.6 Å². The molecule has 0 bridgehead atoms. The highest BCUT2D eigenvalue weighted by Gasteiger charge is 2.09. The van der Waals surface area contributed by atoms with Crippen molar-refractivity contribution in [2.45, 2.75) is 47.2 Å². The molecule has 0 amide bonds. The Morgan fingerprint density at radius 2 is 2.11 bits per heavy atom. The van der Waals surface area contributed by atoms with Gasteiger partial charge in [0.25, 0.3) is 0 Å². The number of hydrogen-bond donors (Lipinski definition) is 1. The number of rotatable bonds is 9. The van der Waals surface area contributed by atoms with Gasteiger partial charge in [-0.2, -0.15) is 0 Å². The van der Waals surface area contributed by atoms with E-state index in [4.69, 9.17) is 4.52 Å². The molecule has 4 heteroatoms. The van der Waals surface area contributed by atoms with Crippen molar-refractivity contribution in [3.05, 3.63) is 17.5 Å². The molecule has 0 aromatic carbocycles. The van der Waals surface area contributed by atoms with Crippen molar-refractivity contribution >= 4 is 0 Å². The first kappa shape index (κ1) is 16.2. The fourth-order valence-electron chi connectivity index (χ4n) is 1.99. The van der Waals surface area contributed by atoms with Crippen molar-refractivity contribution in [2.24, 2.45) is 11.8 Å². The van der Waals surface area contributed by atoms with E-state index in [1.54, 1.807) is 0 Å². The van der Waals surface area contributed by atoms with Crippen LogP contribution in [0.4, 0.5) is 0 Å². The zero-order valence-electron chi connectivity index (χ0n) is 13.1. The largest absolute Gasteiger partial charge is 0.360 e. The van der Waals surface area contributed by atoms with Crippen LogP contribution in [0.3, 0.4) is 0 Å². The standard InChI is InChI=1S/C15H29N3O/c1-6-13(4)10-18(5)11-15-7-14(17-19-15)9-16-8-12(2)3/h7,12-13,16H,6,8-11H2,1-5H3. The van der Waals surface area contributed by atoms with E-state index in [1.807, 2.05) is 0 Å². The van der Waals surface area contributed by atoms with Crippen LogP contribution in [-0.2, 0) is 13.1 Å². The summed E-state index contributed by atoms with van der Waals surface area (Å²) in [4.78, 5) is 2.29. The van der Waals surface area contributed by atoms with E-state index < -0.39 is 0 Å². The predicted molar refractivity (Wildman–Crippen MR) is 78.8 cm³/mol. The Morgan fingerprint density at radius 1 is 1.37 bits per heavy atom. The van der Waals surface area contributed by atoms with Crippen molar-refractivity contribution in [2.75, 3.05) is 20.1 Å². The third-order valence-corrected chi connectivity index (χ3v) is 3.21. The highest BCUT2D eigenvalue weighted by atomic mass is 16.5. The third-order valence-electron chi connectivity index (χ3n) is 3.21. The average Bonchev–Trinajstić information content (AvgIpc) is 2.75. The summed E-state index contributed by atoms with van der Waals surface area (Å²) in [5.41, 5.74) is 0.993. The van der Waals surface area contributed by atoms with Crippen LogP contribution in [0, 0.1) is 11.8 Å². The van der Waals surface area contributed by atoms with Crippen LogP contribution >= 0.6 is 0 Å². The van der Waals surface area contributed by atoms with Crippen LogP contribution in [0.15, 0.2) is 10.6 Å². The zero-order valence-corrected chi connectivity index (χ0v) is 13.1. The summed E-state index contributed by atoms with van der Waals surface area (Å²) in [5.74, 6) is 2.33. The van der Waals surface area contributed by atoms with Gasteiger partial charge >= 0.3 is 0 Å². The second kappa shape index (κ2) is 8.33. The number of nitrogens with one attached hydrogen (secondary N) is 1. The maximum absolute atomic E-state index is 5.38. The molecule has 0 saturated heterocycles. The molecule has 110 valence electrons. The molecule has 0 fully saturated rings. The fourth-order valence-corrected chi connectivity index (χ4v) is 1.99. The van der Waals surface area contributed by atoms with E-state index in [-0.39, 0.29) is 0 Å². The summed E-state index contributed by atoms with van der Waals surface area (Å²) < 4.78 is 5.38. The quantitative estimate of drug-likeness (QED) is 0.747. The van der Waals surface area contributed by atoms with E-state index in [0.717, 1.165) is 43.6 Å². The fraction of sp³-hybridized carbons (Fsp3) is 0.800. The second-order valence-electron chi connectivity index (χ2n) is 6.02. The molecule has 1 unspecified atom stereocenters. The first-order valence-corrected chi connectivity index (χ1v) is 7.35. The van der Waals surface area contributed by atoms with Crippen LogP contribution < -0.4 is 5.32 Å². The minimum absolute atomic E-state index is 0.660. The monoisotopic (exact) mass is 267 g/mol. The maximum atomic E-state index is 5.38. The number of nitrogens with zero attached hydrogens (tertiary/aromatic N) is 2. The third kappa shape index (κ3) is 6.73. The van der Waals surface area contributed by atoms with E-state index in [1.165, 1.54) is 6.42 Å².